The fourth-order valence-corrected chi connectivity index (χ4v) is 2.89. The van der Waals surface area contributed by atoms with Gasteiger partial charge in [0.2, 0.25) is 0 Å². The lowest BCUT2D eigenvalue weighted by atomic mass is 9.85. The zero-order valence-corrected chi connectivity index (χ0v) is 14.2. The normalized spacial score (nSPS) is 26.4. The lowest BCUT2D eigenvalue weighted by Crippen LogP contribution is -2.20. The Morgan fingerprint density at radius 1 is 1.52 bits per heavy atom. The molecule has 2 aliphatic rings. The van der Waals surface area contributed by atoms with Crippen molar-refractivity contribution in [2.45, 2.75) is 26.7 Å². The van der Waals surface area contributed by atoms with E-state index in [4.69, 9.17) is 0 Å². The van der Waals surface area contributed by atoms with Crippen LogP contribution in [-0.2, 0) is 14.3 Å². The summed E-state index contributed by atoms with van der Waals surface area (Å²) in [6.45, 7) is 8.01. The van der Waals surface area contributed by atoms with Crippen LogP contribution in [0.2, 0.25) is 0 Å². The number of ether oxygens (including phenoxy) is 1. The van der Waals surface area contributed by atoms with Crippen LogP contribution in [0.15, 0.2) is 45.0 Å². The number of allylic oxidation sites excluding steroid dienone is 3. The van der Waals surface area contributed by atoms with Gasteiger partial charge in [0.05, 0.1) is 17.7 Å². The van der Waals surface area contributed by atoms with Crippen LogP contribution in [0, 0.1) is 5.92 Å². The second kappa shape index (κ2) is 7.41. The number of nitrogens with one attached hydrogen (secondary N) is 1. The Labute approximate surface area is 139 Å². The van der Waals surface area contributed by atoms with Crippen molar-refractivity contribution in [1.82, 2.24) is 5.32 Å². The van der Waals surface area contributed by atoms with Crippen LogP contribution in [0.25, 0.3) is 0 Å². The monoisotopic (exact) mass is 333 g/mol. The molecule has 1 atom stereocenters. The Balaban J connectivity index is 2.14. The van der Waals surface area contributed by atoms with E-state index in [2.05, 4.69) is 32.9 Å². The van der Waals surface area contributed by atoms with Gasteiger partial charge in [0.1, 0.15) is 0 Å². The van der Waals surface area contributed by atoms with Crippen LogP contribution in [0.3, 0.4) is 0 Å². The van der Waals surface area contributed by atoms with E-state index >= 15 is 0 Å². The minimum absolute atomic E-state index is 0.242. The van der Waals surface area contributed by atoms with Gasteiger partial charge >= 0.3 is 5.97 Å². The summed E-state index contributed by atoms with van der Waals surface area (Å²) in [4.78, 5) is 23.2. The van der Waals surface area contributed by atoms with Gasteiger partial charge in [-0.05, 0) is 49.9 Å². The van der Waals surface area contributed by atoms with Crippen molar-refractivity contribution in [3.8, 4) is 0 Å². The molecule has 1 aliphatic carbocycles. The van der Waals surface area contributed by atoms with Crippen molar-refractivity contribution in [2.75, 3.05) is 7.11 Å². The van der Waals surface area contributed by atoms with Crippen LogP contribution in [-0.4, -0.2) is 29.9 Å². The molecule has 0 aromatic carbocycles. The first-order chi connectivity index (χ1) is 10.9. The quantitative estimate of drug-likeness (QED) is 0.372. The van der Waals surface area contributed by atoms with Gasteiger partial charge in [-0.2, -0.15) is 5.10 Å². The SMILES string of the molecule is C=C(C)C1CC=C(C)C(=NN=C2NC(=O)C(=CC(=O)OC)S2)C1. The number of nitrogens with zero attached hydrogens (tertiary/aromatic N) is 2. The van der Waals surface area contributed by atoms with Crippen molar-refractivity contribution < 1.29 is 14.3 Å². The molecule has 1 saturated heterocycles. The molecule has 1 aliphatic heterocycles. The summed E-state index contributed by atoms with van der Waals surface area (Å²) in [5, 5.41) is 11.3. The van der Waals surface area contributed by atoms with Crippen molar-refractivity contribution in [2.24, 2.45) is 16.1 Å². The molecular formula is C16H19N3O3S. The molecule has 1 amide bonds. The van der Waals surface area contributed by atoms with Gasteiger partial charge in [-0.15, -0.1) is 5.10 Å². The number of amidine groups is 1. The van der Waals surface area contributed by atoms with Crippen LogP contribution in [0.5, 0.6) is 0 Å². The maximum atomic E-state index is 11.7. The van der Waals surface area contributed by atoms with E-state index in [9.17, 15) is 9.59 Å². The number of esters is 1. The van der Waals surface area contributed by atoms with Gasteiger partial charge < -0.3 is 4.74 Å². The zero-order chi connectivity index (χ0) is 17.0. The highest BCUT2D eigenvalue weighted by Gasteiger charge is 2.25. The van der Waals surface area contributed by atoms with Gasteiger partial charge in [0.25, 0.3) is 5.91 Å². The average Bonchev–Trinajstić information content (AvgIpc) is 2.86. The summed E-state index contributed by atoms with van der Waals surface area (Å²) in [5.74, 6) is -0.584. The van der Waals surface area contributed by atoms with Crippen molar-refractivity contribution in [3.63, 3.8) is 0 Å². The number of amides is 1. The highest BCUT2D eigenvalue weighted by Crippen LogP contribution is 2.27. The molecular weight excluding hydrogens is 314 g/mol. The van der Waals surface area contributed by atoms with Crippen LogP contribution in [0.4, 0.5) is 0 Å². The predicted octanol–water partition coefficient (Wildman–Crippen LogP) is 2.55. The molecule has 2 rings (SSSR count). The summed E-state index contributed by atoms with van der Waals surface area (Å²) in [6, 6.07) is 0. The highest BCUT2D eigenvalue weighted by atomic mass is 32.2. The lowest BCUT2D eigenvalue weighted by molar-refractivity contribution is -0.135. The Bertz CT molecular complexity index is 674. The van der Waals surface area contributed by atoms with Crippen molar-refractivity contribution in [1.29, 1.82) is 0 Å². The molecule has 0 radical (unpaired) electrons. The molecule has 0 aromatic rings. The van der Waals surface area contributed by atoms with Crippen LogP contribution in [0.1, 0.15) is 26.7 Å². The highest BCUT2D eigenvalue weighted by molar-refractivity contribution is 8.18. The summed E-state index contributed by atoms with van der Waals surface area (Å²) in [7, 11) is 1.26. The zero-order valence-electron chi connectivity index (χ0n) is 13.4. The van der Waals surface area contributed by atoms with E-state index in [1.807, 2.05) is 13.8 Å². The molecule has 6 nitrogen and oxygen atoms in total. The number of rotatable bonds is 3. The van der Waals surface area contributed by atoms with E-state index in [-0.39, 0.29) is 10.8 Å². The first-order valence-electron chi connectivity index (χ1n) is 7.16. The van der Waals surface area contributed by atoms with Crippen molar-refractivity contribution >= 4 is 34.5 Å². The number of methoxy groups -OCH3 is 1. The molecule has 0 spiro atoms. The van der Waals surface area contributed by atoms with Gasteiger partial charge in [0, 0.05) is 6.08 Å². The molecule has 1 fully saturated rings. The fraction of sp³-hybridized carbons (Fsp3) is 0.375. The number of thioether (sulfide) groups is 1. The summed E-state index contributed by atoms with van der Waals surface area (Å²) in [5.41, 5.74) is 3.10. The van der Waals surface area contributed by atoms with Crippen LogP contribution < -0.4 is 5.32 Å². The molecule has 122 valence electrons. The van der Waals surface area contributed by atoms with E-state index in [0.717, 1.165) is 47.5 Å². The Hall–Kier alpha value is -2.15. The number of hydrogen-bond acceptors (Lipinski definition) is 6. The van der Waals surface area contributed by atoms with Crippen molar-refractivity contribution in [3.05, 3.63) is 34.8 Å². The van der Waals surface area contributed by atoms with E-state index in [0.29, 0.717) is 11.1 Å². The van der Waals surface area contributed by atoms with Gasteiger partial charge in [-0.1, -0.05) is 18.2 Å². The fourth-order valence-electron chi connectivity index (χ4n) is 2.16. The third-order valence-corrected chi connectivity index (χ3v) is 4.56. The number of carbonyl (C=O) groups excluding carboxylic acids is 2. The van der Waals surface area contributed by atoms with Crippen LogP contribution >= 0.6 is 11.8 Å². The first kappa shape index (κ1) is 17.2. The van der Waals surface area contributed by atoms with Gasteiger partial charge in [-0.25, -0.2) is 4.79 Å². The van der Waals surface area contributed by atoms with Gasteiger partial charge in [-0.3, -0.25) is 10.1 Å². The molecule has 0 bridgehead atoms. The number of hydrogen-bond donors (Lipinski definition) is 1. The summed E-state index contributed by atoms with van der Waals surface area (Å²) < 4.78 is 4.51. The molecule has 0 saturated carbocycles. The molecule has 1 N–H and O–H groups in total. The minimum Gasteiger partial charge on any atom is -0.466 e. The largest absolute Gasteiger partial charge is 0.466 e. The smallest absolute Gasteiger partial charge is 0.331 e. The molecule has 0 aromatic heterocycles. The first-order valence-corrected chi connectivity index (χ1v) is 7.98. The Morgan fingerprint density at radius 2 is 2.26 bits per heavy atom. The minimum atomic E-state index is -0.578. The lowest BCUT2D eigenvalue weighted by Gasteiger charge is -2.21. The van der Waals surface area contributed by atoms with Gasteiger partial charge in [0.15, 0.2) is 5.17 Å². The second-order valence-corrected chi connectivity index (χ2v) is 6.44. The summed E-state index contributed by atoms with van der Waals surface area (Å²) in [6.07, 6.45) is 5.02. The summed E-state index contributed by atoms with van der Waals surface area (Å²) >= 11 is 1.06. The molecule has 1 heterocycles. The molecule has 1 unspecified atom stereocenters. The second-order valence-electron chi connectivity index (χ2n) is 5.41. The average molecular weight is 333 g/mol. The molecule has 7 heteroatoms. The topological polar surface area (TPSA) is 80.1 Å². The third-order valence-electron chi connectivity index (χ3n) is 3.66. The molecule has 23 heavy (non-hydrogen) atoms. The predicted molar refractivity (Wildman–Crippen MR) is 92.0 cm³/mol. The van der Waals surface area contributed by atoms with E-state index < -0.39 is 5.97 Å². The third kappa shape index (κ3) is 4.41. The Kier molecular flexibility index (Phi) is 5.54. The maximum absolute atomic E-state index is 11.7. The Morgan fingerprint density at radius 3 is 2.91 bits per heavy atom. The number of carbonyl (C=O) groups is 2. The standard InChI is InChI=1S/C16H19N3O3S/c1-9(2)11-6-5-10(3)12(7-11)18-19-16-17-15(21)13(23-16)8-14(20)22-4/h5,8,11H,1,6-7H2,2-4H3,(H,17,19,21). The maximum Gasteiger partial charge on any atom is 0.331 e. The van der Waals surface area contributed by atoms with E-state index in [1.54, 1.807) is 0 Å². The van der Waals surface area contributed by atoms with E-state index in [1.165, 1.54) is 7.11 Å².